The molecule has 0 spiro atoms. The zero-order chi connectivity index (χ0) is 14.8. The quantitative estimate of drug-likeness (QED) is 0.890. The SMILES string of the molecule is CN1CCN(C)C(CNC(=O)c2cccc3[nH]ccc23)C1. The van der Waals surface area contributed by atoms with Crippen molar-refractivity contribution in [1.82, 2.24) is 20.1 Å². The molecule has 3 rings (SSSR count). The molecule has 112 valence electrons. The van der Waals surface area contributed by atoms with E-state index in [9.17, 15) is 4.79 Å². The predicted octanol–water partition coefficient (Wildman–Crippen LogP) is 1.14. The van der Waals surface area contributed by atoms with Crippen LogP contribution in [0.15, 0.2) is 30.5 Å². The average Bonchev–Trinajstić information content (AvgIpc) is 2.96. The first-order chi connectivity index (χ1) is 10.1. The Morgan fingerprint density at radius 3 is 3.05 bits per heavy atom. The lowest BCUT2D eigenvalue weighted by molar-refractivity contribution is 0.0882. The molecule has 1 aromatic carbocycles. The Kier molecular flexibility index (Phi) is 3.94. The van der Waals surface area contributed by atoms with Crippen LogP contribution in [0.5, 0.6) is 0 Å². The minimum absolute atomic E-state index is 0.00169. The van der Waals surface area contributed by atoms with Crippen molar-refractivity contribution in [2.45, 2.75) is 6.04 Å². The van der Waals surface area contributed by atoms with E-state index in [0.717, 1.165) is 36.1 Å². The number of carbonyl (C=O) groups is 1. The maximum atomic E-state index is 12.4. The van der Waals surface area contributed by atoms with E-state index in [2.05, 4.69) is 34.2 Å². The number of fused-ring (bicyclic) bond motifs is 1. The zero-order valence-electron chi connectivity index (χ0n) is 12.6. The third kappa shape index (κ3) is 2.94. The molecular weight excluding hydrogens is 264 g/mol. The fourth-order valence-corrected chi connectivity index (χ4v) is 2.91. The summed E-state index contributed by atoms with van der Waals surface area (Å²) in [6, 6.07) is 8.09. The van der Waals surface area contributed by atoms with Crippen LogP contribution >= 0.6 is 0 Å². The largest absolute Gasteiger partial charge is 0.361 e. The molecule has 2 heterocycles. The van der Waals surface area contributed by atoms with Gasteiger partial charge in [0.25, 0.3) is 5.91 Å². The van der Waals surface area contributed by atoms with Crippen LogP contribution in [0.2, 0.25) is 0 Å². The summed E-state index contributed by atoms with van der Waals surface area (Å²) in [7, 11) is 4.25. The molecule has 2 aromatic rings. The first-order valence-corrected chi connectivity index (χ1v) is 7.38. The minimum atomic E-state index is 0.00169. The summed E-state index contributed by atoms with van der Waals surface area (Å²) in [5.41, 5.74) is 1.73. The Hall–Kier alpha value is -1.85. The van der Waals surface area contributed by atoms with E-state index >= 15 is 0 Å². The number of nitrogens with zero attached hydrogens (tertiary/aromatic N) is 2. The molecule has 0 bridgehead atoms. The van der Waals surface area contributed by atoms with Gasteiger partial charge in [0.1, 0.15) is 0 Å². The average molecular weight is 286 g/mol. The number of benzene rings is 1. The van der Waals surface area contributed by atoms with E-state index in [1.54, 1.807) is 0 Å². The van der Waals surface area contributed by atoms with Gasteiger partial charge in [0.15, 0.2) is 0 Å². The van der Waals surface area contributed by atoms with E-state index in [-0.39, 0.29) is 5.91 Å². The number of hydrogen-bond donors (Lipinski definition) is 2. The van der Waals surface area contributed by atoms with Crippen molar-refractivity contribution < 1.29 is 4.79 Å². The van der Waals surface area contributed by atoms with Gasteiger partial charge in [0, 0.05) is 54.9 Å². The lowest BCUT2D eigenvalue weighted by Gasteiger charge is -2.37. The van der Waals surface area contributed by atoms with Gasteiger partial charge in [-0.3, -0.25) is 9.69 Å². The number of aromatic nitrogens is 1. The minimum Gasteiger partial charge on any atom is -0.361 e. The second-order valence-electron chi connectivity index (χ2n) is 5.85. The summed E-state index contributed by atoms with van der Waals surface area (Å²) in [6.07, 6.45) is 1.87. The van der Waals surface area contributed by atoms with Gasteiger partial charge < -0.3 is 15.2 Å². The number of carbonyl (C=O) groups excluding carboxylic acids is 1. The molecule has 0 saturated carbocycles. The van der Waals surface area contributed by atoms with Crippen LogP contribution in [-0.2, 0) is 0 Å². The number of rotatable bonds is 3. The highest BCUT2D eigenvalue weighted by Gasteiger charge is 2.22. The van der Waals surface area contributed by atoms with Crippen LogP contribution in [0.25, 0.3) is 10.9 Å². The summed E-state index contributed by atoms with van der Waals surface area (Å²) >= 11 is 0. The van der Waals surface area contributed by atoms with Gasteiger partial charge in [-0.25, -0.2) is 0 Å². The van der Waals surface area contributed by atoms with Gasteiger partial charge in [0.05, 0.1) is 0 Å². The van der Waals surface area contributed by atoms with Crippen LogP contribution in [0, 0.1) is 0 Å². The van der Waals surface area contributed by atoms with Crippen LogP contribution in [-0.4, -0.2) is 67.0 Å². The first-order valence-electron chi connectivity index (χ1n) is 7.38. The fraction of sp³-hybridized carbons (Fsp3) is 0.438. The van der Waals surface area contributed by atoms with Crippen molar-refractivity contribution in [2.75, 3.05) is 40.3 Å². The van der Waals surface area contributed by atoms with Crippen molar-refractivity contribution >= 4 is 16.8 Å². The van der Waals surface area contributed by atoms with Gasteiger partial charge in [0.2, 0.25) is 0 Å². The molecule has 1 fully saturated rings. The predicted molar refractivity (Wildman–Crippen MR) is 84.5 cm³/mol. The molecule has 0 radical (unpaired) electrons. The summed E-state index contributed by atoms with van der Waals surface area (Å²) in [5.74, 6) is 0.00169. The summed E-state index contributed by atoms with van der Waals surface area (Å²) in [5, 5.41) is 4.06. The number of amides is 1. The van der Waals surface area contributed by atoms with Crippen molar-refractivity contribution in [3.8, 4) is 0 Å². The Labute approximate surface area is 124 Å². The highest BCUT2D eigenvalue weighted by molar-refractivity contribution is 6.06. The number of likely N-dealkylation sites (N-methyl/N-ethyl adjacent to an activating group) is 2. The second-order valence-corrected chi connectivity index (χ2v) is 5.85. The zero-order valence-corrected chi connectivity index (χ0v) is 12.6. The molecule has 1 amide bonds. The Morgan fingerprint density at radius 2 is 2.19 bits per heavy atom. The van der Waals surface area contributed by atoms with Crippen LogP contribution in [0.4, 0.5) is 0 Å². The lowest BCUT2D eigenvalue weighted by Crippen LogP contribution is -2.54. The summed E-state index contributed by atoms with van der Waals surface area (Å²) in [6.45, 7) is 3.81. The van der Waals surface area contributed by atoms with Crippen molar-refractivity contribution in [3.63, 3.8) is 0 Å². The van der Waals surface area contributed by atoms with Crippen molar-refractivity contribution in [3.05, 3.63) is 36.0 Å². The van der Waals surface area contributed by atoms with Gasteiger partial charge in [-0.05, 0) is 32.3 Å². The van der Waals surface area contributed by atoms with Crippen LogP contribution in [0.1, 0.15) is 10.4 Å². The van der Waals surface area contributed by atoms with Gasteiger partial charge >= 0.3 is 0 Å². The standard InChI is InChI=1S/C16H22N4O/c1-19-8-9-20(2)12(11-19)10-18-16(21)14-4-3-5-15-13(14)6-7-17-15/h3-7,12,17H,8-11H2,1-2H3,(H,18,21). The molecular formula is C16H22N4O. The Bertz CT molecular complexity index is 636. The lowest BCUT2D eigenvalue weighted by atomic mass is 10.1. The molecule has 1 aliphatic rings. The number of aromatic amines is 1. The maximum absolute atomic E-state index is 12.4. The molecule has 21 heavy (non-hydrogen) atoms. The van der Waals surface area contributed by atoms with Crippen molar-refractivity contribution in [2.24, 2.45) is 0 Å². The first kappa shape index (κ1) is 14.1. The molecule has 2 N–H and O–H groups in total. The highest BCUT2D eigenvalue weighted by atomic mass is 16.1. The Balaban J connectivity index is 1.68. The molecule has 1 saturated heterocycles. The number of H-pyrrole nitrogens is 1. The number of hydrogen-bond acceptors (Lipinski definition) is 3. The topological polar surface area (TPSA) is 51.4 Å². The van der Waals surface area contributed by atoms with Crippen LogP contribution < -0.4 is 5.32 Å². The van der Waals surface area contributed by atoms with Crippen LogP contribution in [0.3, 0.4) is 0 Å². The van der Waals surface area contributed by atoms with E-state index in [4.69, 9.17) is 0 Å². The van der Waals surface area contributed by atoms with E-state index in [0.29, 0.717) is 12.6 Å². The van der Waals surface area contributed by atoms with Gasteiger partial charge in [-0.1, -0.05) is 6.07 Å². The summed E-state index contributed by atoms with van der Waals surface area (Å²) in [4.78, 5) is 20.2. The normalized spacial score (nSPS) is 20.8. The molecule has 5 nitrogen and oxygen atoms in total. The molecule has 0 aliphatic carbocycles. The number of nitrogens with one attached hydrogen (secondary N) is 2. The summed E-state index contributed by atoms with van der Waals surface area (Å²) < 4.78 is 0. The Morgan fingerprint density at radius 1 is 1.33 bits per heavy atom. The van der Waals surface area contributed by atoms with E-state index < -0.39 is 0 Å². The third-order valence-corrected chi connectivity index (χ3v) is 4.32. The molecule has 1 aliphatic heterocycles. The van der Waals surface area contributed by atoms with Gasteiger partial charge in [-0.15, -0.1) is 0 Å². The van der Waals surface area contributed by atoms with Gasteiger partial charge in [-0.2, -0.15) is 0 Å². The fourth-order valence-electron chi connectivity index (χ4n) is 2.91. The molecule has 1 unspecified atom stereocenters. The smallest absolute Gasteiger partial charge is 0.252 e. The maximum Gasteiger partial charge on any atom is 0.252 e. The molecule has 1 aromatic heterocycles. The third-order valence-electron chi connectivity index (χ3n) is 4.32. The number of piperazine rings is 1. The van der Waals surface area contributed by atoms with Crippen molar-refractivity contribution in [1.29, 1.82) is 0 Å². The van der Waals surface area contributed by atoms with E-state index in [1.807, 2.05) is 30.5 Å². The highest BCUT2D eigenvalue weighted by Crippen LogP contribution is 2.17. The monoisotopic (exact) mass is 286 g/mol. The molecule has 1 atom stereocenters. The molecule has 5 heteroatoms. The van der Waals surface area contributed by atoms with E-state index in [1.165, 1.54) is 0 Å². The second kappa shape index (κ2) is 5.87.